The number of carbonyl (C=O) groups excluding carboxylic acids is 2. The smallest absolute Gasteiger partial charge is 0.272 e. The van der Waals surface area contributed by atoms with Gasteiger partial charge in [-0.15, -0.1) is 0 Å². The van der Waals surface area contributed by atoms with E-state index in [0.717, 1.165) is 36.9 Å². The minimum atomic E-state index is -0.673. The maximum absolute atomic E-state index is 12.5. The van der Waals surface area contributed by atoms with Crippen molar-refractivity contribution in [2.24, 2.45) is 0 Å². The highest BCUT2D eigenvalue weighted by atomic mass is 16.5. The second kappa shape index (κ2) is 5.53. The van der Waals surface area contributed by atoms with Crippen LogP contribution in [0.3, 0.4) is 0 Å². The first-order valence-corrected chi connectivity index (χ1v) is 7.87. The van der Waals surface area contributed by atoms with Gasteiger partial charge in [-0.3, -0.25) is 14.7 Å². The minimum absolute atomic E-state index is 0.121. The molecular formula is C17H17N3O3. The van der Waals surface area contributed by atoms with Crippen molar-refractivity contribution in [1.29, 1.82) is 0 Å². The van der Waals surface area contributed by atoms with Gasteiger partial charge >= 0.3 is 0 Å². The molecule has 0 bridgehead atoms. The Morgan fingerprint density at radius 3 is 3.00 bits per heavy atom. The highest BCUT2D eigenvalue weighted by molar-refractivity contribution is 6.06. The van der Waals surface area contributed by atoms with Gasteiger partial charge in [-0.1, -0.05) is 12.1 Å². The van der Waals surface area contributed by atoms with Crippen LogP contribution in [0.2, 0.25) is 0 Å². The molecule has 118 valence electrons. The first kappa shape index (κ1) is 14.0. The first-order chi connectivity index (χ1) is 11.2. The van der Waals surface area contributed by atoms with Gasteiger partial charge in [0.15, 0.2) is 11.5 Å². The van der Waals surface area contributed by atoms with Crippen molar-refractivity contribution in [2.75, 3.05) is 6.61 Å². The zero-order valence-corrected chi connectivity index (χ0v) is 12.6. The predicted molar refractivity (Wildman–Crippen MR) is 82.8 cm³/mol. The third kappa shape index (κ3) is 2.40. The maximum atomic E-state index is 12.5. The van der Waals surface area contributed by atoms with Crippen LogP contribution in [0.4, 0.5) is 0 Å². The van der Waals surface area contributed by atoms with Gasteiger partial charge < -0.3 is 10.1 Å². The molecule has 1 unspecified atom stereocenters. The highest BCUT2D eigenvalue weighted by Gasteiger charge is 2.31. The topological polar surface area (TPSA) is 84.1 Å². The molecule has 2 N–H and O–H groups in total. The number of hydrogen-bond donors (Lipinski definition) is 2. The quantitative estimate of drug-likeness (QED) is 0.883. The number of nitrogens with one attached hydrogen (secondary N) is 2. The maximum Gasteiger partial charge on any atom is 0.272 e. The third-order valence-electron chi connectivity index (χ3n) is 4.45. The molecule has 0 radical (unpaired) electrons. The first-order valence-electron chi connectivity index (χ1n) is 7.87. The molecule has 1 aliphatic heterocycles. The van der Waals surface area contributed by atoms with E-state index in [4.69, 9.17) is 4.74 Å². The predicted octanol–water partition coefficient (Wildman–Crippen LogP) is 1.66. The molecule has 1 aliphatic carbocycles. The van der Waals surface area contributed by atoms with Crippen LogP contribution in [-0.4, -0.2) is 34.5 Å². The fraction of sp³-hybridized carbons (Fsp3) is 0.353. The van der Waals surface area contributed by atoms with E-state index in [1.165, 1.54) is 0 Å². The molecule has 1 aromatic heterocycles. The molecule has 6 nitrogen and oxygen atoms in total. The molecule has 1 aromatic carbocycles. The van der Waals surface area contributed by atoms with Gasteiger partial charge in [0.05, 0.1) is 5.56 Å². The second-order valence-corrected chi connectivity index (χ2v) is 5.93. The fourth-order valence-corrected chi connectivity index (χ4v) is 3.24. The number of ketones is 1. The largest absolute Gasteiger partial charge is 0.490 e. The number of para-hydroxylation sites is 1. The van der Waals surface area contributed by atoms with E-state index in [0.29, 0.717) is 17.0 Å². The normalized spacial score (nSPS) is 19.5. The Balaban J connectivity index is 1.54. The summed E-state index contributed by atoms with van der Waals surface area (Å²) in [5.41, 5.74) is 2.94. The zero-order chi connectivity index (χ0) is 15.8. The van der Waals surface area contributed by atoms with E-state index in [-0.39, 0.29) is 18.3 Å². The van der Waals surface area contributed by atoms with Gasteiger partial charge in [0, 0.05) is 11.3 Å². The van der Waals surface area contributed by atoms with Crippen molar-refractivity contribution >= 4 is 11.7 Å². The van der Waals surface area contributed by atoms with Gasteiger partial charge in [-0.2, -0.15) is 5.10 Å². The number of hydrogen-bond acceptors (Lipinski definition) is 4. The van der Waals surface area contributed by atoms with E-state index in [1.54, 1.807) is 18.2 Å². The summed E-state index contributed by atoms with van der Waals surface area (Å²) in [6, 6.07) is 6.41. The summed E-state index contributed by atoms with van der Waals surface area (Å²) in [7, 11) is 0. The number of aryl methyl sites for hydroxylation is 1. The van der Waals surface area contributed by atoms with Crippen LogP contribution in [-0.2, 0) is 12.8 Å². The minimum Gasteiger partial charge on any atom is -0.490 e. The van der Waals surface area contributed by atoms with E-state index >= 15 is 0 Å². The molecule has 4 rings (SSSR count). The fourth-order valence-electron chi connectivity index (χ4n) is 3.24. The van der Waals surface area contributed by atoms with Gasteiger partial charge in [-0.25, -0.2) is 0 Å². The lowest BCUT2D eigenvalue weighted by molar-refractivity contribution is 0.0792. The summed E-state index contributed by atoms with van der Waals surface area (Å²) in [6.45, 7) is 0.147. The summed E-state index contributed by atoms with van der Waals surface area (Å²) < 4.78 is 5.57. The Bertz CT molecular complexity index is 781. The number of benzene rings is 1. The molecule has 1 atom stereocenters. The molecular weight excluding hydrogens is 294 g/mol. The van der Waals surface area contributed by atoms with Gasteiger partial charge in [0.1, 0.15) is 18.4 Å². The number of aromatic nitrogens is 2. The van der Waals surface area contributed by atoms with E-state index < -0.39 is 6.04 Å². The number of Topliss-reactive ketones (excluding diaryl/α,β-unsaturated/α-hetero) is 1. The lowest BCUT2D eigenvalue weighted by Crippen LogP contribution is -2.47. The van der Waals surface area contributed by atoms with E-state index in [9.17, 15) is 9.59 Å². The van der Waals surface area contributed by atoms with Crippen LogP contribution in [0.1, 0.15) is 44.9 Å². The molecule has 2 aromatic rings. The van der Waals surface area contributed by atoms with Crippen LogP contribution < -0.4 is 10.1 Å². The van der Waals surface area contributed by atoms with Crippen LogP contribution in [0.25, 0.3) is 0 Å². The Morgan fingerprint density at radius 2 is 2.09 bits per heavy atom. The van der Waals surface area contributed by atoms with Crippen molar-refractivity contribution < 1.29 is 14.3 Å². The molecule has 6 heteroatoms. The zero-order valence-electron chi connectivity index (χ0n) is 12.6. The number of carbonyl (C=O) groups is 2. The monoisotopic (exact) mass is 311 g/mol. The van der Waals surface area contributed by atoms with E-state index in [2.05, 4.69) is 15.5 Å². The van der Waals surface area contributed by atoms with Crippen LogP contribution >= 0.6 is 0 Å². The summed E-state index contributed by atoms with van der Waals surface area (Å²) in [5, 5.41) is 9.85. The SMILES string of the molecule is O=C(NC1COc2ccccc2C1=O)c1n[nH]c2c1CCCC2. The van der Waals surface area contributed by atoms with Crippen molar-refractivity contribution in [3.63, 3.8) is 0 Å². The van der Waals surface area contributed by atoms with Crippen LogP contribution in [0, 0.1) is 0 Å². The standard InChI is InChI=1S/C17H17N3O3/c21-16-11-6-2-4-8-14(11)23-9-13(16)18-17(22)15-10-5-1-3-7-12(10)19-20-15/h2,4,6,8,13H,1,3,5,7,9H2,(H,18,22)(H,19,20). The van der Waals surface area contributed by atoms with Gasteiger partial charge in [-0.05, 0) is 37.8 Å². The molecule has 2 heterocycles. The van der Waals surface area contributed by atoms with E-state index in [1.807, 2.05) is 6.07 Å². The summed E-state index contributed by atoms with van der Waals surface area (Å²) in [6.07, 6.45) is 3.95. The van der Waals surface area contributed by atoms with Crippen molar-refractivity contribution in [3.05, 3.63) is 46.8 Å². The lowest BCUT2D eigenvalue weighted by Gasteiger charge is -2.24. The Labute approximate surface area is 133 Å². The number of amides is 1. The van der Waals surface area contributed by atoms with Crippen LogP contribution in [0.5, 0.6) is 5.75 Å². The third-order valence-corrected chi connectivity index (χ3v) is 4.45. The lowest BCUT2D eigenvalue weighted by atomic mass is 9.95. The second-order valence-electron chi connectivity index (χ2n) is 5.93. The molecule has 0 fully saturated rings. The summed E-state index contributed by atoms with van der Waals surface area (Å²) in [5.74, 6) is 0.135. The number of rotatable bonds is 2. The Kier molecular flexibility index (Phi) is 3.37. The molecule has 2 aliphatic rings. The number of ether oxygens (including phenoxy) is 1. The summed E-state index contributed by atoms with van der Waals surface area (Å²) >= 11 is 0. The van der Waals surface area contributed by atoms with Crippen molar-refractivity contribution in [1.82, 2.24) is 15.5 Å². The average molecular weight is 311 g/mol. The molecule has 0 spiro atoms. The van der Waals surface area contributed by atoms with Crippen LogP contribution in [0.15, 0.2) is 24.3 Å². The molecule has 0 saturated heterocycles. The van der Waals surface area contributed by atoms with Crippen molar-refractivity contribution in [3.8, 4) is 5.75 Å². The Morgan fingerprint density at radius 1 is 1.26 bits per heavy atom. The molecule has 23 heavy (non-hydrogen) atoms. The average Bonchev–Trinajstić information content (AvgIpc) is 3.02. The number of fused-ring (bicyclic) bond motifs is 2. The summed E-state index contributed by atoms with van der Waals surface area (Å²) in [4.78, 5) is 25.0. The highest BCUT2D eigenvalue weighted by Crippen LogP contribution is 2.25. The number of H-pyrrole nitrogens is 1. The molecule has 0 saturated carbocycles. The van der Waals surface area contributed by atoms with Crippen molar-refractivity contribution in [2.45, 2.75) is 31.7 Å². The number of nitrogens with zero attached hydrogens (tertiary/aromatic N) is 1. The Hall–Kier alpha value is -2.63. The van der Waals surface area contributed by atoms with Gasteiger partial charge in [0.2, 0.25) is 0 Å². The molecule has 1 amide bonds. The number of aromatic amines is 1. The van der Waals surface area contributed by atoms with Gasteiger partial charge in [0.25, 0.3) is 5.91 Å².